The molecule has 0 spiro atoms. The van der Waals surface area contributed by atoms with Gasteiger partial charge in [0.1, 0.15) is 0 Å². The molecule has 14 heavy (non-hydrogen) atoms. The van der Waals surface area contributed by atoms with Gasteiger partial charge < -0.3 is 5.32 Å². The Balaban J connectivity index is 2.78. The fourth-order valence-electron chi connectivity index (χ4n) is 1.58. The van der Waals surface area contributed by atoms with Gasteiger partial charge in [-0.25, -0.2) is 0 Å². The summed E-state index contributed by atoms with van der Waals surface area (Å²) in [5.74, 6) is 0. The summed E-state index contributed by atoms with van der Waals surface area (Å²) in [6.45, 7) is 4.58. The first kappa shape index (κ1) is 14.4. The summed E-state index contributed by atoms with van der Waals surface area (Å²) in [5, 5.41) is 4.47. The third-order valence-corrected chi connectivity index (χ3v) is 2.87. The molecule has 0 heterocycles. The van der Waals surface area contributed by atoms with Crippen molar-refractivity contribution in [3.8, 4) is 0 Å². The molecular formula is C12H26BrN. The molecule has 2 heteroatoms. The third-order valence-electron chi connectivity index (χ3n) is 2.48. The Morgan fingerprint density at radius 3 is 1.93 bits per heavy atom. The van der Waals surface area contributed by atoms with E-state index >= 15 is 0 Å². The predicted octanol–water partition coefficient (Wildman–Crippen LogP) is 4.11. The van der Waals surface area contributed by atoms with Crippen molar-refractivity contribution in [1.82, 2.24) is 5.32 Å². The summed E-state index contributed by atoms with van der Waals surface area (Å²) in [5.41, 5.74) is 0. The van der Waals surface area contributed by atoms with Gasteiger partial charge in [0.15, 0.2) is 0 Å². The van der Waals surface area contributed by atoms with E-state index in [2.05, 4.69) is 28.2 Å². The van der Waals surface area contributed by atoms with Gasteiger partial charge in [0.25, 0.3) is 0 Å². The fourth-order valence-corrected chi connectivity index (χ4v) is 1.86. The summed E-state index contributed by atoms with van der Waals surface area (Å²) < 4.78 is 0. The maximum atomic E-state index is 3.40. The lowest BCUT2D eigenvalue weighted by molar-refractivity contribution is 0.561. The first-order chi connectivity index (χ1) is 6.91. The average Bonchev–Trinajstić information content (AvgIpc) is 2.21. The van der Waals surface area contributed by atoms with Crippen molar-refractivity contribution in [2.75, 3.05) is 18.4 Å². The molecule has 0 aromatic heterocycles. The highest BCUT2D eigenvalue weighted by Gasteiger charge is 1.91. The Labute approximate surface area is 98.2 Å². The van der Waals surface area contributed by atoms with Gasteiger partial charge in [-0.1, -0.05) is 67.8 Å². The highest BCUT2D eigenvalue weighted by Crippen LogP contribution is 2.07. The van der Waals surface area contributed by atoms with E-state index < -0.39 is 0 Å². The van der Waals surface area contributed by atoms with E-state index in [0.717, 1.165) is 11.9 Å². The summed E-state index contributed by atoms with van der Waals surface area (Å²) in [4.78, 5) is 0. The van der Waals surface area contributed by atoms with Gasteiger partial charge in [0.05, 0.1) is 0 Å². The van der Waals surface area contributed by atoms with E-state index in [0.29, 0.717) is 0 Å². The largest absolute Gasteiger partial charge is 0.316 e. The zero-order chi connectivity index (χ0) is 10.5. The molecule has 0 saturated carbocycles. The van der Waals surface area contributed by atoms with Crippen LogP contribution in [0.5, 0.6) is 0 Å². The third kappa shape index (κ3) is 12.4. The van der Waals surface area contributed by atoms with Crippen molar-refractivity contribution < 1.29 is 0 Å². The Bertz CT molecular complexity index is 84.3. The number of unbranched alkanes of at least 4 members (excludes halogenated alkanes) is 7. The molecule has 0 atom stereocenters. The van der Waals surface area contributed by atoms with Crippen LogP contribution in [0.2, 0.25) is 0 Å². The van der Waals surface area contributed by atoms with Crippen LogP contribution >= 0.6 is 15.9 Å². The molecule has 0 saturated heterocycles. The zero-order valence-electron chi connectivity index (χ0n) is 9.66. The fraction of sp³-hybridized carbons (Fsp3) is 1.00. The lowest BCUT2D eigenvalue weighted by Crippen LogP contribution is -2.17. The number of nitrogens with one attached hydrogen (secondary N) is 1. The summed E-state index contributed by atoms with van der Waals surface area (Å²) in [6, 6.07) is 0. The molecule has 0 aliphatic rings. The first-order valence-corrected chi connectivity index (χ1v) is 7.30. The van der Waals surface area contributed by atoms with Gasteiger partial charge in [0, 0.05) is 11.9 Å². The molecule has 0 aromatic carbocycles. The molecule has 0 aliphatic heterocycles. The smallest absolute Gasteiger partial charge is 0.0157 e. The summed E-state index contributed by atoms with van der Waals surface area (Å²) in [7, 11) is 0. The van der Waals surface area contributed by atoms with Crippen LogP contribution in [0.3, 0.4) is 0 Å². The van der Waals surface area contributed by atoms with Crippen molar-refractivity contribution in [2.24, 2.45) is 0 Å². The maximum Gasteiger partial charge on any atom is 0.0157 e. The van der Waals surface area contributed by atoms with Gasteiger partial charge in [0.2, 0.25) is 0 Å². The highest BCUT2D eigenvalue weighted by molar-refractivity contribution is 9.09. The van der Waals surface area contributed by atoms with Crippen LogP contribution in [0.25, 0.3) is 0 Å². The Morgan fingerprint density at radius 1 is 0.786 bits per heavy atom. The molecule has 0 rings (SSSR count). The number of hydrogen-bond donors (Lipinski definition) is 1. The normalized spacial score (nSPS) is 10.7. The van der Waals surface area contributed by atoms with Gasteiger partial charge >= 0.3 is 0 Å². The highest BCUT2D eigenvalue weighted by atomic mass is 79.9. The van der Waals surface area contributed by atoms with Gasteiger partial charge in [-0.05, 0) is 13.0 Å². The molecule has 0 aliphatic carbocycles. The van der Waals surface area contributed by atoms with Crippen molar-refractivity contribution in [3.05, 3.63) is 0 Å². The molecule has 0 amide bonds. The lowest BCUT2D eigenvalue weighted by Gasteiger charge is -2.02. The quantitative estimate of drug-likeness (QED) is 0.437. The molecule has 86 valence electrons. The van der Waals surface area contributed by atoms with Crippen molar-refractivity contribution in [3.63, 3.8) is 0 Å². The van der Waals surface area contributed by atoms with Crippen LogP contribution in [0.1, 0.15) is 58.3 Å². The second-order valence-corrected chi connectivity index (χ2v) is 4.71. The molecule has 1 N–H and O–H groups in total. The predicted molar refractivity (Wildman–Crippen MR) is 69.3 cm³/mol. The number of halogens is 1. The summed E-state index contributed by atoms with van der Waals surface area (Å²) >= 11 is 3.40. The molecule has 0 unspecified atom stereocenters. The second kappa shape index (κ2) is 13.4. The van der Waals surface area contributed by atoms with E-state index in [1.807, 2.05) is 0 Å². The Kier molecular flexibility index (Phi) is 13.9. The first-order valence-electron chi connectivity index (χ1n) is 6.18. The van der Waals surface area contributed by atoms with Crippen molar-refractivity contribution in [1.29, 1.82) is 0 Å². The van der Waals surface area contributed by atoms with Crippen molar-refractivity contribution >= 4 is 15.9 Å². The van der Waals surface area contributed by atoms with Crippen LogP contribution in [-0.2, 0) is 0 Å². The molecular weight excluding hydrogens is 238 g/mol. The summed E-state index contributed by atoms with van der Waals surface area (Å²) in [6.07, 6.45) is 11.3. The van der Waals surface area contributed by atoms with E-state index in [4.69, 9.17) is 0 Å². The molecule has 0 aromatic rings. The maximum absolute atomic E-state index is 3.40. The topological polar surface area (TPSA) is 12.0 Å². The van der Waals surface area contributed by atoms with Crippen molar-refractivity contribution in [2.45, 2.75) is 58.3 Å². The van der Waals surface area contributed by atoms with Crippen LogP contribution in [0.15, 0.2) is 0 Å². The number of rotatable bonds is 11. The van der Waals surface area contributed by atoms with Gasteiger partial charge in [-0.15, -0.1) is 0 Å². The average molecular weight is 264 g/mol. The minimum Gasteiger partial charge on any atom is -0.316 e. The van der Waals surface area contributed by atoms with E-state index in [1.165, 1.54) is 57.9 Å². The van der Waals surface area contributed by atoms with Crippen LogP contribution in [0, 0.1) is 0 Å². The number of hydrogen-bond acceptors (Lipinski definition) is 1. The Morgan fingerprint density at radius 2 is 1.36 bits per heavy atom. The monoisotopic (exact) mass is 263 g/mol. The second-order valence-electron chi connectivity index (χ2n) is 3.91. The number of alkyl halides is 1. The minimum absolute atomic E-state index is 1.07. The molecule has 0 fully saturated rings. The molecule has 0 bridgehead atoms. The van der Waals surface area contributed by atoms with E-state index in [-0.39, 0.29) is 0 Å². The van der Waals surface area contributed by atoms with E-state index in [9.17, 15) is 0 Å². The van der Waals surface area contributed by atoms with Gasteiger partial charge in [-0.3, -0.25) is 0 Å². The van der Waals surface area contributed by atoms with Crippen LogP contribution < -0.4 is 5.32 Å². The molecule has 1 nitrogen and oxygen atoms in total. The SMILES string of the molecule is CCCCCCCCCCNCCBr. The minimum atomic E-state index is 1.07. The Hall–Kier alpha value is 0.440. The standard InChI is InChI=1S/C12H26BrN/c1-2-3-4-5-6-7-8-9-11-14-12-10-13/h14H,2-12H2,1H3. The van der Waals surface area contributed by atoms with Crippen LogP contribution in [-0.4, -0.2) is 18.4 Å². The van der Waals surface area contributed by atoms with Gasteiger partial charge in [-0.2, -0.15) is 0 Å². The van der Waals surface area contributed by atoms with Crippen LogP contribution in [0.4, 0.5) is 0 Å². The van der Waals surface area contributed by atoms with E-state index in [1.54, 1.807) is 0 Å². The molecule has 0 radical (unpaired) electrons. The lowest BCUT2D eigenvalue weighted by atomic mass is 10.1. The zero-order valence-corrected chi connectivity index (χ0v) is 11.2.